The lowest BCUT2D eigenvalue weighted by atomic mass is 10.1. The van der Waals surface area contributed by atoms with Gasteiger partial charge in [-0.1, -0.05) is 23.7 Å². The maximum atomic E-state index is 12.3. The summed E-state index contributed by atoms with van der Waals surface area (Å²) in [5, 5.41) is 3.04. The van der Waals surface area contributed by atoms with Crippen molar-refractivity contribution in [3.8, 4) is 5.75 Å². The summed E-state index contributed by atoms with van der Waals surface area (Å²) in [6.45, 7) is 1.52. The molecule has 0 aliphatic carbocycles. The van der Waals surface area contributed by atoms with E-state index in [1.165, 1.54) is 39.3 Å². The van der Waals surface area contributed by atoms with E-state index in [1.54, 1.807) is 24.3 Å². The number of anilines is 1. The summed E-state index contributed by atoms with van der Waals surface area (Å²) in [5.74, 6) is -1.62. The number of ether oxygens (including phenoxy) is 3. The van der Waals surface area contributed by atoms with Crippen LogP contribution in [0.5, 0.6) is 5.75 Å². The molecule has 0 aromatic heterocycles. The van der Waals surface area contributed by atoms with Crippen molar-refractivity contribution < 1.29 is 28.6 Å². The van der Waals surface area contributed by atoms with Gasteiger partial charge in [0.2, 0.25) is 0 Å². The van der Waals surface area contributed by atoms with Crippen LogP contribution in [-0.2, 0) is 14.3 Å². The van der Waals surface area contributed by atoms with Crippen LogP contribution in [0, 0.1) is 0 Å². The highest BCUT2D eigenvalue weighted by Gasteiger charge is 2.19. The van der Waals surface area contributed by atoms with E-state index in [2.05, 4.69) is 14.8 Å². The van der Waals surface area contributed by atoms with Crippen molar-refractivity contribution in [3.05, 3.63) is 58.6 Å². The Kier molecular flexibility index (Phi) is 6.79. The summed E-state index contributed by atoms with van der Waals surface area (Å²) in [5.41, 5.74) is 0.626. The zero-order chi connectivity index (χ0) is 20.0. The fourth-order valence-corrected chi connectivity index (χ4v) is 2.38. The molecule has 0 heterocycles. The first-order chi connectivity index (χ1) is 12.8. The predicted molar refractivity (Wildman–Crippen MR) is 99.3 cm³/mol. The first kappa shape index (κ1) is 20.3. The first-order valence-corrected chi connectivity index (χ1v) is 8.27. The molecule has 7 nitrogen and oxygen atoms in total. The number of hydrogen-bond donors (Lipinski definition) is 1. The Labute approximate surface area is 161 Å². The van der Waals surface area contributed by atoms with E-state index in [9.17, 15) is 14.4 Å². The molecule has 1 amide bonds. The van der Waals surface area contributed by atoms with Crippen molar-refractivity contribution >= 4 is 35.1 Å². The van der Waals surface area contributed by atoms with Crippen LogP contribution in [0.1, 0.15) is 27.6 Å². The van der Waals surface area contributed by atoms with E-state index in [0.29, 0.717) is 10.7 Å². The van der Waals surface area contributed by atoms with Crippen molar-refractivity contribution in [2.75, 3.05) is 19.5 Å². The third kappa shape index (κ3) is 5.21. The van der Waals surface area contributed by atoms with Gasteiger partial charge in [0.1, 0.15) is 5.75 Å². The van der Waals surface area contributed by atoms with Gasteiger partial charge in [-0.05, 0) is 37.3 Å². The molecule has 1 atom stereocenters. The second-order valence-corrected chi connectivity index (χ2v) is 5.87. The van der Waals surface area contributed by atoms with Gasteiger partial charge in [0.25, 0.3) is 5.91 Å². The number of nitrogens with one attached hydrogen (secondary N) is 1. The maximum absolute atomic E-state index is 12.3. The third-order valence-corrected chi connectivity index (χ3v) is 3.89. The molecular weight excluding hydrogens is 374 g/mol. The highest BCUT2D eigenvalue weighted by atomic mass is 35.5. The largest absolute Gasteiger partial charge is 0.481 e. The lowest BCUT2D eigenvalue weighted by Gasteiger charge is -2.16. The molecule has 0 aliphatic rings. The number of para-hydroxylation sites is 1. The van der Waals surface area contributed by atoms with E-state index in [4.69, 9.17) is 16.3 Å². The minimum Gasteiger partial charge on any atom is -0.481 e. The lowest BCUT2D eigenvalue weighted by Crippen LogP contribution is -2.30. The number of methoxy groups -OCH3 is 2. The monoisotopic (exact) mass is 391 g/mol. The van der Waals surface area contributed by atoms with Crippen LogP contribution in [0.3, 0.4) is 0 Å². The van der Waals surface area contributed by atoms with Gasteiger partial charge in [0.15, 0.2) is 6.10 Å². The molecule has 0 bridgehead atoms. The Morgan fingerprint density at radius 1 is 0.963 bits per heavy atom. The second-order valence-electron chi connectivity index (χ2n) is 5.46. The fraction of sp³-hybridized carbons (Fsp3) is 0.211. The van der Waals surface area contributed by atoms with Crippen LogP contribution in [0.4, 0.5) is 5.69 Å². The van der Waals surface area contributed by atoms with Crippen LogP contribution in [0.25, 0.3) is 0 Å². The Morgan fingerprint density at radius 2 is 1.52 bits per heavy atom. The summed E-state index contributed by atoms with van der Waals surface area (Å²) in [7, 11) is 2.43. The van der Waals surface area contributed by atoms with Gasteiger partial charge < -0.3 is 19.5 Å². The van der Waals surface area contributed by atoms with E-state index in [1.807, 2.05) is 0 Å². The van der Waals surface area contributed by atoms with Gasteiger partial charge in [0, 0.05) is 0 Å². The number of halogens is 1. The molecule has 2 rings (SSSR count). The zero-order valence-electron chi connectivity index (χ0n) is 14.9. The molecule has 2 aromatic carbocycles. The van der Waals surface area contributed by atoms with Crippen LogP contribution in [0.2, 0.25) is 5.02 Å². The van der Waals surface area contributed by atoms with Crippen molar-refractivity contribution in [1.82, 2.24) is 0 Å². The summed E-state index contributed by atoms with van der Waals surface area (Å²) in [6, 6.07) is 10.8. The molecule has 1 N–H and O–H groups in total. The number of carbonyl (C=O) groups is 3. The molecule has 0 unspecified atom stereocenters. The van der Waals surface area contributed by atoms with Crippen LogP contribution < -0.4 is 10.1 Å². The predicted octanol–water partition coefficient (Wildman–Crippen LogP) is 3.32. The van der Waals surface area contributed by atoms with Crippen LogP contribution >= 0.6 is 11.6 Å². The summed E-state index contributed by atoms with van der Waals surface area (Å²) >= 11 is 6.02. The van der Waals surface area contributed by atoms with E-state index in [-0.39, 0.29) is 16.9 Å². The van der Waals surface area contributed by atoms with Gasteiger partial charge in [-0.25, -0.2) is 9.59 Å². The standard InChI is InChI=1S/C19H18ClNO6/c1-11(17(22)21-16-7-5-4-6-15(16)20)27-14-9-12(18(23)25-2)8-13(10-14)19(24)26-3/h4-11H,1-3H3,(H,21,22)/t11-/m1/s1. The summed E-state index contributed by atoms with van der Waals surface area (Å²) < 4.78 is 14.9. The van der Waals surface area contributed by atoms with Crippen molar-refractivity contribution in [3.63, 3.8) is 0 Å². The number of carbonyl (C=O) groups excluding carboxylic acids is 3. The van der Waals surface area contributed by atoms with Gasteiger partial charge in [-0.2, -0.15) is 0 Å². The van der Waals surface area contributed by atoms with E-state index < -0.39 is 23.9 Å². The topological polar surface area (TPSA) is 90.9 Å². The Morgan fingerprint density at radius 3 is 2.04 bits per heavy atom. The van der Waals surface area contributed by atoms with Crippen molar-refractivity contribution in [2.24, 2.45) is 0 Å². The average molecular weight is 392 g/mol. The number of hydrogen-bond acceptors (Lipinski definition) is 6. The molecule has 0 spiro atoms. The molecule has 0 fully saturated rings. The normalized spacial score (nSPS) is 11.3. The number of esters is 2. The lowest BCUT2D eigenvalue weighted by molar-refractivity contribution is -0.122. The smallest absolute Gasteiger partial charge is 0.338 e. The van der Waals surface area contributed by atoms with Crippen molar-refractivity contribution in [2.45, 2.75) is 13.0 Å². The van der Waals surface area contributed by atoms with E-state index >= 15 is 0 Å². The molecule has 142 valence electrons. The minimum absolute atomic E-state index is 0.0918. The molecular formula is C19H18ClNO6. The molecule has 0 radical (unpaired) electrons. The average Bonchev–Trinajstić information content (AvgIpc) is 2.67. The molecule has 0 saturated heterocycles. The van der Waals surface area contributed by atoms with Crippen LogP contribution in [0.15, 0.2) is 42.5 Å². The number of rotatable bonds is 6. The van der Waals surface area contributed by atoms with Gasteiger partial charge in [-0.15, -0.1) is 0 Å². The summed E-state index contributed by atoms with van der Waals surface area (Å²) in [6.07, 6.45) is -0.931. The number of benzene rings is 2. The second kappa shape index (κ2) is 9.05. The highest BCUT2D eigenvalue weighted by molar-refractivity contribution is 6.33. The zero-order valence-corrected chi connectivity index (χ0v) is 15.7. The molecule has 0 saturated carbocycles. The molecule has 2 aromatic rings. The highest BCUT2D eigenvalue weighted by Crippen LogP contribution is 2.23. The SMILES string of the molecule is COC(=O)c1cc(O[C@H](C)C(=O)Nc2ccccc2Cl)cc(C(=O)OC)c1. The number of amides is 1. The minimum atomic E-state index is -0.931. The molecule has 8 heteroatoms. The molecule has 27 heavy (non-hydrogen) atoms. The van der Waals surface area contributed by atoms with Gasteiger partial charge in [-0.3, -0.25) is 4.79 Å². The summed E-state index contributed by atoms with van der Waals surface area (Å²) in [4.78, 5) is 35.9. The fourth-order valence-electron chi connectivity index (χ4n) is 2.19. The van der Waals surface area contributed by atoms with Crippen LogP contribution in [-0.4, -0.2) is 38.2 Å². The van der Waals surface area contributed by atoms with E-state index in [0.717, 1.165) is 0 Å². The molecule has 0 aliphatic heterocycles. The van der Waals surface area contributed by atoms with Gasteiger partial charge in [0.05, 0.1) is 36.1 Å². The van der Waals surface area contributed by atoms with Crippen molar-refractivity contribution in [1.29, 1.82) is 0 Å². The Balaban J connectivity index is 2.21. The Bertz CT molecular complexity index is 833. The quantitative estimate of drug-likeness (QED) is 0.759. The maximum Gasteiger partial charge on any atom is 0.338 e. The van der Waals surface area contributed by atoms with Gasteiger partial charge >= 0.3 is 11.9 Å². The Hall–Kier alpha value is -3.06. The third-order valence-electron chi connectivity index (χ3n) is 3.56. The first-order valence-electron chi connectivity index (χ1n) is 7.89.